The van der Waals surface area contributed by atoms with Crippen molar-refractivity contribution in [2.24, 2.45) is 5.92 Å². The summed E-state index contributed by atoms with van der Waals surface area (Å²) in [5, 5.41) is 0. The Morgan fingerprint density at radius 3 is 2.25 bits per heavy atom. The van der Waals surface area contributed by atoms with Crippen molar-refractivity contribution in [3.05, 3.63) is 34.4 Å². The van der Waals surface area contributed by atoms with Gasteiger partial charge in [0, 0.05) is 0 Å². The van der Waals surface area contributed by atoms with E-state index in [1.54, 1.807) is 0 Å². The van der Waals surface area contributed by atoms with Crippen LogP contribution in [0.2, 0.25) is 0 Å². The van der Waals surface area contributed by atoms with Crippen molar-refractivity contribution in [1.82, 2.24) is 0 Å². The van der Waals surface area contributed by atoms with Gasteiger partial charge >= 0.3 is 18.1 Å². The summed E-state index contributed by atoms with van der Waals surface area (Å²) in [6, 6.07) is -4.34. The summed E-state index contributed by atoms with van der Waals surface area (Å²) in [6.07, 6.45) is 0.319. The molecule has 0 aromatic rings. The summed E-state index contributed by atoms with van der Waals surface area (Å²) in [6.45, 7) is 14.5. The molecule has 0 aliphatic heterocycles. The maximum absolute atomic E-state index is 7.29. The van der Waals surface area contributed by atoms with Crippen LogP contribution in [-0.4, -0.2) is 32.3 Å². The molecule has 0 amide bonds. The van der Waals surface area contributed by atoms with Crippen molar-refractivity contribution >= 4 is 39.2 Å². The second kappa shape index (κ2) is 7.11. The van der Waals surface area contributed by atoms with Crippen molar-refractivity contribution < 1.29 is 9.47 Å². The van der Waals surface area contributed by atoms with Crippen molar-refractivity contribution in [3.8, 4) is 11.5 Å². The summed E-state index contributed by atoms with van der Waals surface area (Å²) in [4.78, 5) is 6.97. The normalized spacial score (nSPS) is 25.9. The third kappa shape index (κ3) is 3.98. The molecule has 1 aliphatic carbocycles. The number of rotatable bonds is 2. The number of hydrogen-bond acceptors (Lipinski definition) is 2. The third-order valence-corrected chi connectivity index (χ3v) is 4.12. The van der Waals surface area contributed by atoms with Gasteiger partial charge in [-0.25, -0.2) is 13.1 Å². The first kappa shape index (κ1) is 17.0. The van der Waals surface area contributed by atoms with Crippen molar-refractivity contribution in [2.75, 3.05) is 14.2 Å². The molecule has 0 spiro atoms. The molecule has 0 saturated heterocycles. The molecule has 0 N–H and O–H groups in total. The number of methoxy groups -OCH3 is 2. The van der Waals surface area contributed by atoms with E-state index >= 15 is 0 Å². The van der Waals surface area contributed by atoms with Crippen molar-refractivity contribution in [3.63, 3.8) is 0 Å². The fourth-order valence-electron chi connectivity index (χ4n) is 1.98. The molecule has 0 aromatic carbocycles. The van der Waals surface area contributed by atoms with Gasteiger partial charge in [-0.3, -0.25) is 0 Å². The Hall–Kier alpha value is -1.03. The van der Waals surface area contributed by atoms with Crippen LogP contribution in [0, 0.1) is 30.5 Å². The van der Waals surface area contributed by atoms with Gasteiger partial charge in [0.25, 0.3) is 0 Å². The monoisotopic (exact) mass is 348 g/mol. The van der Waals surface area contributed by atoms with E-state index in [9.17, 15) is 0 Å². The van der Waals surface area contributed by atoms with Gasteiger partial charge in [-0.15, -0.1) is 33.2 Å². The zero-order chi connectivity index (χ0) is 15.3. The highest BCUT2D eigenvalue weighted by Gasteiger charge is 2.48. The molecule has 4 nitrogen and oxygen atoms in total. The Labute approximate surface area is 133 Å². The molecule has 0 fully saturated rings. The van der Waals surface area contributed by atoms with Gasteiger partial charge in [0.15, 0.2) is 11.7 Å². The predicted molar refractivity (Wildman–Crippen MR) is 81.0 cm³/mol. The van der Waals surface area contributed by atoms with Crippen LogP contribution >= 0.6 is 33.2 Å². The fraction of sp³-hybridized carbons (Fsp3) is 0.500. The highest BCUT2D eigenvalue weighted by atomic mass is 35.8. The Morgan fingerprint density at radius 1 is 1.20 bits per heavy atom. The first-order chi connectivity index (χ1) is 9.37. The standard InChI is InChI=1S/C12H11Cl3N2O2Si/c1-16-9-7-10(18-3)12(19-4)8(11(9)17-2)5-6-20(13,14)15/h8-9,11H,7H2,3-4H3. The second-order valence-corrected chi connectivity index (χ2v) is 12.0. The van der Waals surface area contributed by atoms with Crippen LogP contribution in [0.15, 0.2) is 11.5 Å². The Morgan fingerprint density at radius 2 is 1.85 bits per heavy atom. The minimum Gasteiger partial charge on any atom is -0.497 e. The smallest absolute Gasteiger partial charge is 0.422 e. The van der Waals surface area contributed by atoms with E-state index in [2.05, 4.69) is 21.2 Å². The Balaban J connectivity index is 3.33. The maximum atomic E-state index is 7.29. The zero-order valence-electron chi connectivity index (χ0n) is 10.8. The third-order valence-electron chi connectivity index (χ3n) is 2.84. The van der Waals surface area contributed by atoms with E-state index in [0.717, 1.165) is 0 Å². The molecule has 0 bridgehead atoms. The summed E-state index contributed by atoms with van der Waals surface area (Å²) in [7, 11) is 2.96. The molecule has 0 heterocycles. The highest BCUT2D eigenvalue weighted by molar-refractivity contribution is 7.67. The minimum absolute atomic E-state index is 0.319. The van der Waals surface area contributed by atoms with Crippen LogP contribution in [0.5, 0.6) is 0 Å². The topological polar surface area (TPSA) is 27.2 Å². The minimum atomic E-state index is -3.13. The lowest BCUT2D eigenvalue weighted by Gasteiger charge is -2.25. The predicted octanol–water partition coefficient (Wildman–Crippen LogP) is 3.28. The van der Waals surface area contributed by atoms with Crippen LogP contribution in [0.1, 0.15) is 6.42 Å². The van der Waals surface area contributed by atoms with E-state index in [4.69, 9.17) is 55.9 Å². The Bertz CT molecular complexity index is 548. The maximum Gasteiger partial charge on any atom is 0.422 e. The lowest BCUT2D eigenvalue weighted by atomic mass is 9.84. The van der Waals surface area contributed by atoms with Crippen LogP contribution in [0.25, 0.3) is 9.69 Å². The van der Waals surface area contributed by atoms with Crippen LogP contribution < -0.4 is 0 Å². The largest absolute Gasteiger partial charge is 0.497 e. The number of halogens is 3. The lowest BCUT2D eigenvalue weighted by molar-refractivity contribution is 0.169. The number of ether oxygens (including phenoxy) is 2. The van der Waals surface area contributed by atoms with Crippen molar-refractivity contribution in [2.45, 2.75) is 18.5 Å². The molecule has 0 radical (unpaired) electrons. The highest BCUT2D eigenvalue weighted by Crippen LogP contribution is 2.35. The number of hydrogen-bond donors (Lipinski definition) is 0. The van der Waals surface area contributed by atoms with Crippen molar-refractivity contribution in [1.29, 1.82) is 0 Å². The summed E-state index contributed by atoms with van der Waals surface area (Å²) < 4.78 is 10.5. The summed E-state index contributed by atoms with van der Waals surface area (Å²) in [5.74, 6) is 3.11. The molecule has 3 atom stereocenters. The summed E-state index contributed by atoms with van der Waals surface area (Å²) in [5.41, 5.74) is 2.58. The van der Waals surface area contributed by atoms with Crippen LogP contribution in [0.3, 0.4) is 0 Å². The average molecular weight is 350 g/mol. The van der Waals surface area contributed by atoms with E-state index in [1.807, 2.05) is 0 Å². The van der Waals surface area contributed by atoms with Gasteiger partial charge in [-0.05, 0) is 0 Å². The molecular formula is C12H11Cl3N2O2Si. The molecule has 20 heavy (non-hydrogen) atoms. The van der Waals surface area contributed by atoms with Crippen LogP contribution in [-0.2, 0) is 9.47 Å². The molecule has 1 aliphatic rings. The van der Waals surface area contributed by atoms with Gasteiger partial charge < -0.3 is 19.2 Å². The molecular weight excluding hydrogens is 339 g/mol. The van der Waals surface area contributed by atoms with E-state index in [1.165, 1.54) is 14.2 Å². The molecule has 1 rings (SSSR count). The van der Waals surface area contributed by atoms with E-state index in [0.29, 0.717) is 17.9 Å². The molecule has 3 unspecified atom stereocenters. The van der Waals surface area contributed by atoms with E-state index < -0.39 is 24.0 Å². The average Bonchev–Trinajstić information content (AvgIpc) is 2.41. The number of nitrogens with zero attached hydrogens (tertiary/aromatic N) is 2. The molecule has 0 saturated carbocycles. The zero-order valence-corrected chi connectivity index (χ0v) is 14.1. The van der Waals surface area contributed by atoms with Gasteiger partial charge in [-0.2, -0.15) is 0 Å². The van der Waals surface area contributed by atoms with Gasteiger partial charge in [0.05, 0.1) is 20.6 Å². The van der Waals surface area contributed by atoms with Gasteiger partial charge in [-0.1, -0.05) is 11.5 Å². The molecule has 106 valence electrons. The molecule has 8 heteroatoms. The fourth-order valence-corrected chi connectivity index (χ4v) is 2.79. The Kier molecular flexibility index (Phi) is 6.05. The second-order valence-electron chi connectivity index (χ2n) is 3.96. The van der Waals surface area contributed by atoms with Gasteiger partial charge in [0.2, 0.25) is 0 Å². The quantitative estimate of drug-likeness (QED) is 0.331. The molecule has 0 aromatic heterocycles. The summed E-state index contributed by atoms with van der Waals surface area (Å²) >= 11 is 17.2. The lowest BCUT2D eigenvalue weighted by Crippen LogP contribution is -2.35. The first-order valence-electron chi connectivity index (χ1n) is 5.51. The van der Waals surface area contributed by atoms with E-state index in [-0.39, 0.29) is 0 Å². The SMILES string of the molecule is [C-]#[N+]C1CC(OC)=C(OC)C(C#C[Si](Cl)(Cl)Cl)C1[N+]#[C-]. The van der Waals surface area contributed by atoms with Crippen LogP contribution in [0.4, 0.5) is 0 Å². The van der Waals surface area contributed by atoms with Gasteiger partial charge in [0.1, 0.15) is 5.76 Å². The first-order valence-corrected chi connectivity index (χ1v) is 10.5.